The Hall–Kier alpha value is -1.51. The summed E-state index contributed by atoms with van der Waals surface area (Å²) in [5.41, 5.74) is -0.155. The van der Waals surface area contributed by atoms with Gasteiger partial charge in [-0.3, -0.25) is 4.79 Å². The van der Waals surface area contributed by atoms with Gasteiger partial charge in [0.05, 0.1) is 17.1 Å². The normalized spacial score (nSPS) is 28.3. The molecule has 2 saturated carbocycles. The fourth-order valence-corrected chi connectivity index (χ4v) is 6.53. The number of carbonyl (C=O) groups is 1. The predicted octanol–water partition coefficient (Wildman–Crippen LogP) is 1.19. The Morgan fingerprint density at radius 2 is 1.82 bits per heavy atom. The number of hydrogen-bond acceptors (Lipinski definition) is 5. The van der Waals surface area contributed by atoms with Gasteiger partial charge < -0.3 is 24.4 Å². The number of nitrogens with zero attached hydrogens (tertiary/aromatic N) is 2. The van der Waals surface area contributed by atoms with E-state index in [1.54, 1.807) is 12.3 Å². The molecule has 2 bridgehead atoms. The van der Waals surface area contributed by atoms with Crippen molar-refractivity contribution in [2.24, 2.45) is 16.7 Å². The van der Waals surface area contributed by atoms with Gasteiger partial charge in [-0.25, -0.2) is 0 Å². The van der Waals surface area contributed by atoms with Crippen molar-refractivity contribution in [1.82, 2.24) is 9.80 Å². The Labute approximate surface area is 218 Å². The minimum Gasteiger partial charge on any atom is -0.609 e. The van der Waals surface area contributed by atoms with Gasteiger partial charge in [-0.1, -0.05) is 26.5 Å². The minimum absolute atomic E-state index is 0. The van der Waals surface area contributed by atoms with E-state index in [9.17, 15) is 9.90 Å². The van der Waals surface area contributed by atoms with E-state index in [2.05, 4.69) is 53.0 Å². The van der Waals surface area contributed by atoms with E-state index >= 15 is 0 Å². The quantitative estimate of drug-likeness (QED) is 0.159. The summed E-state index contributed by atoms with van der Waals surface area (Å²) < 4.78 is 11.7. The topological polar surface area (TPSA) is 65.1 Å². The molecule has 3 atom stereocenters. The molecule has 0 spiro atoms. The molecule has 3 rings (SSSR count). The average Bonchev–Trinajstić information content (AvgIpc) is 3.39. The Kier molecular flexibility index (Phi) is 9.70. The number of carbonyl (C=O) groups excluding carboxylic acids is 1. The Morgan fingerprint density at radius 3 is 2.35 bits per heavy atom. The third kappa shape index (κ3) is 5.19. The molecule has 0 aromatic carbocycles. The van der Waals surface area contributed by atoms with Gasteiger partial charge >= 0.3 is 18.9 Å². The number of rotatable bonds is 10. The molecule has 0 aromatic rings. The Bertz CT molecular complexity index is 777. The molecule has 0 aromatic heterocycles. The maximum absolute atomic E-state index is 14.1. The van der Waals surface area contributed by atoms with Crippen LogP contribution < -0.4 is 24.0 Å². The second-order valence-corrected chi connectivity index (χ2v) is 11.0. The maximum Gasteiger partial charge on any atom is 1.00 e. The molecule has 7 heteroatoms. The number of likely N-dealkylation sites (tertiary alicyclic amines) is 1. The Morgan fingerprint density at radius 1 is 1.21 bits per heavy atom. The van der Waals surface area contributed by atoms with Crippen molar-refractivity contribution in [3.05, 3.63) is 36.6 Å². The molecule has 6 nitrogen and oxygen atoms in total. The van der Waals surface area contributed by atoms with Crippen molar-refractivity contribution in [3.8, 4) is 0 Å². The number of hydrogen-bond donors (Lipinski definition) is 0. The van der Waals surface area contributed by atoms with Gasteiger partial charge in [0.25, 0.3) is 0 Å². The second-order valence-electron chi connectivity index (χ2n) is 11.0. The Balaban J connectivity index is 0.00000408. The molecule has 3 fully saturated rings. The third-order valence-electron chi connectivity index (χ3n) is 8.25. The molecule has 34 heavy (non-hydrogen) atoms. The number of allylic oxidation sites excluding steroid dienone is 1. The van der Waals surface area contributed by atoms with Crippen molar-refractivity contribution in [3.63, 3.8) is 0 Å². The summed E-state index contributed by atoms with van der Waals surface area (Å²) >= 11 is 0. The molecule has 1 saturated heterocycles. The summed E-state index contributed by atoms with van der Waals surface area (Å²) in [6.45, 7) is 18.5. The van der Waals surface area contributed by atoms with Gasteiger partial charge in [0.1, 0.15) is 12.9 Å². The van der Waals surface area contributed by atoms with E-state index in [4.69, 9.17) is 9.47 Å². The van der Waals surface area contributed by atoms with E-state index in [0.29, 0.717) is 12.5 Å². The summed E-state index contributed by atoms with van der Waals surface area (Å²) in [5.74, 6) is 0.126. The first-order chi connectivity index (χ1) is 15.6. The van der Waals surface area contributed by atoms with E-state index in [0.717, 1.165) is 50.9 Å². The van der Waals surface area contributed by atoms with Crippen LogP contribution in [-0.2, 0) is 14.3 Å². The smallest absolute Gasteiger partial charge is 0.609 e. The fourth-order valence-electron chi connectivity index (χ4n) is 6.53. The molecule has 3 aliphatic rings. The van der Waals surface area contributed by atoms with Gasteiger partial charge in [0, 0.05) is 31.3 Å². The molecule has 0 radical (unpaired) electrons. The van der Waals surface area contributed by atoms with Crippen molar-refractivity contribution in [1.29, 1.82) is 0 Å². The largest absolute Gasteiger partial charge is 1.00 e. The van der Waals surface area contributed by atoms with Crippen LogP contribution in [0.1, 0.15) is 73.6 Å². The van der Waals surface area contributed by atoms with E-state index in [1.165, 1.54) is 6.08 Å². The summed E-state index contributed by atoms with van der Waals surface area (Å²) in [7, 11) is 0. The van der Waals surface area contributed by atoms with Crippen molar-refractivity contribution in [2.45, 2.75) is 91.8 Å². The van der Waals surface area contributed by atoms with Crippen LogP contribution in [0.3, 0.4) is 0 Å². The first kappa shape index (κ1) is 28.7. The summed E-state index contributed by atoms with van der Waals surface area (Å²) in [6, 6.07) is 0.189. The summed E-state index contributed by atoms with van der Waals surface area (Å²) in [6.07, 6.45) is 9.15. The van der Waals surface area contributed by atoms with Crippen LogP contribution in [-0.4, -0.2) is 53.6 Å². The molecule has 1 aliphatic heterocycles. The zero-order valence-corrected chi connectivity index (χ0v) is 22.4. The first-order valence-electron chi connectivity index (χ1n) is 12.6. The van der Waals surface area contributed by atoms with E-state index < -0.39 is 17.5 Å². The molecule has 2 aliphatic carbocycles. The summed E-state index contributed by atoms with van der Waals surface area (Å²) in [5, 5.41) is 13.1. The second kappa shape index (κ2) is 11.5. The van der Waals surface area contributed by atoms with Crippen molar-refractivity contribution >= 4 is 5.91 Å². The van der Waals surface area contributed by atoms with Gasteiger partial charge in [0.15, 0.2) is 0 Å². The van der Waals surface area contributed by atoms with Crippen molar-refractivity contribution in [2.75, 3.05) is 19.7 Å². The number of amides is 1. The number of fused-ring (bicyclic) bond motifs is 2. The van der Waals surface area contributed by atoms with Crippen LogP contribution in [0.5, 0.6) is 0 Å². The molecule has 1 amide bonds. The predicted molar refractivity (Wildman–Crippen MR) is 129 cm³/mol. The molecule has 1 heterocycles. The number of ether oxygens (including phenoxy) is 2. The zero-order chi connectivity index (χ0) is 24.4. The molecule has 0 N–H and O–H groups in total. The van der Waals surface area contributed by atoms with Crippen LogP contribution in [0.2, 0.25) is 0 Å². The summed E-state index contributed by atoms with van der Waals surface area (Å²) in [4.78, 5) is 18.2. The monoisotopic (exact) mass is 466 g/mol. The zero-order valence-electron chi connectivity index (χ0n) is 22.4. The molecular weight excluding hydrogens is 423 g/mol. The van der Waals surface area contributed by atoms with Gasteiger partial charge in [0.2, 0.25) is 5.91 Å². The van der Waals surface area contributed by atoms with Crippen LogP contribution in [0, 0.1) is 16.7 Å². The fraction of sp³-hybridized carbons (Fsp3) is 0.741. The molecule has 186 valence electrons. The van der Waals surface area contributed by atoms with Gasteiger partial charge in [-0.05, 0) is 77.2 Å². The van der Waals surface area contributed by atoms with Crippen LogP contribution in [0.4, 0.5) is 0 Å². The van der Waals surface area contributed by atoms with Crippen molar-refractivity contribution < 1.29 is 38.2 Å². The van der Waals surface area contributed by atoms with E-state index in [1.807, 2.05) is 4.90 Å². The molecule has 0 unspecified atom stereocenters. The SMILES string of the molecule is C=CCO/C=C(/C=C(\[O-])O[C@@H]1C[C@H]2CC[C@]1(C(=O)N(C(C)C)C(C)C)C2(C)C)N1CCCC1.[Li+]. The van der Waals surface area contributed by atoms with Crippen LogP contribution >= 0.6 is 0 Å². The van der Waals surface area contributed by atoms with Gasteiger partial charge in [-0.2, -0.15) is 0 Å². The first-order valence-corrected chi connectivity index (χ1v) is 12.6. The van der Waals surface area contributed by atoms with Crippen LogP contribution in [0.15, 0.2) is 36.6 Å². The van der Waals surface area contributed by atoms with Crippen LogP contribution in [0.25, 0.3) is 0 Å². The van der Waals surface area contributed by atoms with E-state index in [-0.39, 0.29) is 42.3 Å². The molecular formula is C27H43LiN2O4. The third-order valence-corrected chi connectivity index (χ3v) is 8.25. The standard InChI is InChI=1S/C27H44N2O4.Li/c1-8-15-32-18-22(28-13-9-10-14-28)17-24(30)33-23-16-21-11-12-27(23,26(21,6)7)25(31)29(19(2)3)20(4)5;/h8,17-21,23,30H,1,9-16H2,2-7H3;/q;+1/p-1/b22-18-,24-17+;/t21-,23-,27+;/m1./s1. The average molecular weight is 467 g/mol. The van der Waals surface area contributed by atoms with Gasteiger partial charge in [-0.15, -0.1) is 0 Å². The maximum atomic E-state index is 14.1. The minimum atomic E-state index is -0.674.